The van der Waals surface area contributed by atoms with Crippen LogP contribution in [0.3, 0.4) is 0 Å². The molecule has 88 valence electrons. The maximum Gasteiger partial charge on any atom is 0.199 e. The fourth-order valence-corrected chi connectivity index (χ4v) is 1.71. The highest BCUT2D eigenvalue weighted by atomic mass is 19.1. The Balaban J connectivity index is 2.15. The summed E-state index contributed by atoms with van der Waals surface area (Å²) in [7, 11) is 0. The molecule has 1 aromatic rings. The molecule has 17 heavy (non-hydrogen) atoms. The molecule has 1 aliphatic heterocycles. The second kappa shape index (κ2) is 4.88. The van der Waals surface area contributed by atoms with Gasteiger partial charge in [-0.3, -0.25) is 4.99 Å². The molecule has 1 aromatic carbocycles. The molecule has 0 radical (unpaired) electrons. The van der Waals surface area contributed by atoms with Gasteiger partial charge in [-0.25, -0.2) is 4.39 Å². The van der Waals surface area contributed by atoms with Gasteiger partial charge in [-0.05, 0) is 24.6 Å². The van der Waals surface area contributed by atoms with Crippen molar-refractivity contribution in [3.05, 3.63) is 29.6 Å². The number of benzene rings is 1. The predicted molar refractivity (Wildman–Crippen MR) is 67.5 cm³/mol. The molecule has 1 aliphatic rings. The van der Waals surface area contributed by atoms with Gasteiger partial charge in [-0.15, -0.1) is 6.42 Å². The monoisotopic (exact) mass is 231 g/mol. The molecular weight excluding hydrogens is 217 g/mol. The Morgan fingerprint density at radius 3 is 3.18 bits per heavy atom. The van der Waals surface area contributed by atoms with Crippen molar-refractivity contribution < 1.29 is 4.39 Å². The maximum atomic E-state index is 13.1. The lowest BCUT2D eigenvalue weighted by Crippen LogP contribution is -2.33. The molecule has 0 atom stereocenters. The van der Waals surface area contributed by atoms with Crippen LogP contribution in [0, 0.1) is 25.1 Å². The molecule has 0 spiro atoms. The Morgan fingerprint density at radius 2 is 2.41 bits per heavy atom. The zero-order valence-electron chi connectivity index (χ0n) is 9.70. The summed E-state index contributed by atoms with van der Waals surface area (Å²) >= 11 is 0. The van der Waals surface area contributed by atoms with Crippen molar-refractivity contribution in [1.29, 1.82) is 0 Å². The number of terminal acetylenes is 1. The van der Waals surface area contributed by atoms with E-state index in [1.54, 1.807) is 6.07 Å². The number of anilines is 1. The summed E-state index contributed by atoms with van der Waals surface area (Å²) in [4.78, 5) is 6.28. The van der Waals surface area contributed by atoms with Gasteiger partial charge in [0.05, 0.1) is 13.1 Å². The molecule has 1 heterocycles. The number of hydrogen-bond acceptors (Lipinski definition) is 3. The number of hydrogen-bond donors (Lipinski definition) is 1. The van der Waals surface area contributed by atoms with E-state index in [0.29, 0.717) is 6.54 Å². The average molecular weight is 231 g/mol. The number of rotatable bonds is 2. The van der Waals surface area contributed by atoms with Crippen molar-refractivity contribution in [3.63, 3.8) is 0 Å². The first-order valence-electron chi connectivity index (χ1n) is 5.47. The summed E-state index contributed by atoms with van der Waals surface area (Å²) in [6.07, 6.45) is 5.28. The second-order valence-electron chi connectivity index (χ2n) is 3.92. The average Bonchev–Trinajstić information content (AvgIpc) is 2.72. The number of nitrogens with zero attached hydrogens (tertiary/aromatic N) is 2. The van der Waals surface area contributed by atoms with Crippen LogP contribution in [-0.2, 0) is 0 Å². The third kappa shape index (κ3) is 2.56. The third-order valence-corrected chi connectivity index (χ3v) is 2.66. The molecule has 4 heteroatoms. The Kier molecular flexibility index (Phi) is 3.29. The lowest BCUT2D eigenvalue weighted by atomic mass is 10.2. The van der Waals surface area contributed by atoms with Gasteiger partial charge in [-0.2, -0.15) is 0 Å². The summed E-state index contributed by atoms with van der Waals surface area (Å²) in [6, 6.07) is 4.64. The van der Waals surface area contributed by atoms with Gasteiger partial charge in [-0.1, -0.05) is 12.0 Å². The minimum atomic E-state index is -0.264. The highest BCUT2D eigenvalue weighted by Gasteiger charge is 2.16. The fourth-order valence-electron chi connectivity index (χ4n) is 1.71. The fraction of sp³-hybridized carbons (Fsp3) is 0.308. The van der Waals surface area contributed by atoms with Crippen LogP contribution in [0.25, 0.3) is 0 Å². The van der Waals surface area contributed by atoms with Crippen molar-refractivity contribution in [2.75, 3.05) is 25.0 Å². The largest absolute Gasteiger partial charge is 0.330 e. The first-order chi connectivity index (χ1) is 8.20. The topological polar surface area (TPSA) is 27.6 Å². The van der Waals surface area contributed by atoms with Gasteiger partial charge in [0.1, 0.15) is 5.82 Å². The number of aliphatic imine (C=N–C) groups is 1. The summed E-state index contributed by atoms with van der Waals surface area (Å²) in [5.41, 5.74) is 1.70. The van der Waals surface area contributed by atoms with E-state index in [1.807, 2.05) is 11.8 Å². The molecule has 0 fully saturated rings. The van der Waals surface area contributed by atoms with E-state index < -0.39 is 0 Å². The normalized spacial score (nSPS) is 14.4. The second-order valence-corrected chi connectivity index (χ2v) is 3.92. The lowest BCUT2D eigenvalue weighted by Gasteiger charge is -2.19. The zero-order valence-corrected chi connectivity index (χ0v) is 9.70. The maximum absolute atomic E-state index is 13.1. The first kappa shape index (κ1) is 11.5. The van der Waals surface area contributed by atoms with Crippen molar-refractivity contribution in [3.8, 4) is 12.3 Å². The van der Waals surface area contributed by atoms with E-state index in [2.05, 4.69) is 16.2 Å². The molecule has 0 bridgehead atoms. The summed E-state index contributed by atoms with van der Waals surface area (Å²) in [5, 5.41) is 3.13. The molecule has 0 aromatic heterocycles. The van der Waals surface area contributed by atoms with Crippen LogP contribution in [0.4, 0.5) is 10.1 Å². The lowest BCUT2D eigenvalue weighted by molar-refractivity contribution is 0.513. The van der Waals surface area contributed by atoms with Gasteiger partial charge < -0.3 is 10.2 Å². The van der Waals surface area contributed by atoms with Gasteiger partial charge in [0.25, 0.3) is 0 Å². The van der Waals surface area contributed by atoms with E-state index in [1.165, 1.54) is 12.1 Å². The van der Waals surface area contributed by atoms with Crippen LogP contribution >= 0.6 is 0 Å². The van der Waals surface area contributed by atoms with E-state index in [0.717, 1.165) is 30.3 Å². The first-order valence-corrected chi connectivity index (χ1v) is 5.47. The van der Waals surface area contributed by atoms with Crippen molar-refractivity contribution in [1.82, 2.24) is 4.90 Å². The third-order valence-electron chi connectivity index (χ3n) is 2.66. The summed E-state index contributed by atoms with van der Waals surface area (Å²) in [6.45, 7) is 3.96. The molecular formula is C13H14FN3. The minimum absolute atomic E-state index is 0.264. The molecule has 1 N–H and O–H groups in total. The molecule has 2 rings (SSSR count). The van der Waals surface area contributed by atoms with Crippen LogP contribution in [0.1, 0.15) is 5.56 Å². The van der Waals surface area contributed by atoms with E-state index in [4.69, 9.17) is 6.42 Å². The van der Waals surface area contributed by atoms with Crippen LogP contribution in [0.2, 0.25) is 0 Å². The molecule has 0 saturated carbocycles. The molecule has 0 saturated heterocycles. The van der Waals surface area contributed by atoms with Crippen molar-refractivity contribution in [2.24, 2.45) is 4.99 Å². The van der Waals surface area contributed by atoms with E-state index in [9.17, 15) is 4.39 Å². The van der Waals surface area contributed by atoms with E-state index in [-0.39, 0.29) is 5.82 Å². The minimum Gasteiger partial charge on any atom is -0.330 e. The highest BCUT2D eigenvalue weighted by Crippen LogP contribution is 2.17. The quantitative estimate of drug-likeness (QED) is 0.787. The van der Waals surface area contributed by atoms with Crippen LogP contribution in [-0.4, -0.2) is 30.5 Å². The van der Waals surface area contributed by atoms with Crippen molar-refractivity contribution >= 4 is 11.6 Å². The highest BCUT2D eigenvalue weighted by molar-refractivity contribution is 5.95. The number of guanidine groups is 1. The summed E-state index contributed by atoms with van der Waals surface area (Å²) < 4.78 is 13.1. The van der Waals surface area contributed by atoms with Crippen LogP contribution in [0.15, 0.2) is 23.2 Å². The Morgan fingerprint density at radius 1 is 1.59 bits per heavy atom. The summed E-state index contributed by atoms with van der Waals surface area (Å²) in [5.74, 6) is 3.04. The molecule has 0 unspecified atom stereocenters. The van der Waals surface area contributed by atoms with E-state index >= 15 is 0 Å². The predicted octanol–water partition coefficient (Wildman–Crippen LogP) is 1.85. The number of nitrogens with one attached hydrogen (secondary N) is 1. The van der Waals surface area contributed by atoms with Gasteiger partial charge in [0.15, 0.2) is 5.96 Å². The Bertz CT molecular complexity index is 488. The van der Waals surface area contributed by atoms with Gasteiger partial charge in [0.2, 0.25) is 0 Å². The Hall–Kier alpha value is -2.02. The molecule has 0 amide bonds. The standard InChI is InChI=1S/C13H14FN3/c1-3-7-17-8-6-15-13(17)16-12-9-11(14)5-4-10(12)2/h1,4-5,9H,6-8H2,2H3,(H,15,16). The van der Waals surface area contributed by atoms with Crippen LogP contribution in [0.5, 0.6) is 0 Å². The number of aryl methyl sites for hydroxylation is 1. The van der Waals surface area contributed by atoms with Gasteiger partial charge >= 0.3 is 0 Å². The molecule has 3 nitrogen and oxygen atoms in total. The van der Waals surface area contributed by atoms with Crippen molar-refractivity contribution in [2.45, 2.75) is 6.92 Å². The van der Waals surface area contributed by atoms with Crippen LogP contribution < -0.4 is 5.32 Å². The smallest absolute Gasteiger partial charge is 0.199 e. The number of halogens is 1. The Labute approximate surface area is 100 Å². The zero-order chi connectivity index (χ0) is 12.3. The van der Waals surface area contributed by atoms with Gasteiger partial charge in [0, 0.05) is 12.2 Å². The molecule has 0 aliphatic carbocycles. The SMILES string of the molecule is C#CCN1CCN=C1Nc1cc(F)ccc1C.